The Labute approximate surface area is 147 Å². The lowest BCUT2D eigenvalue weighted by Crippen LogP contribution is -2.42. The normalized spacial score (nSPS) is 17.8. The number of carboxylic acids is 1. The van der Waals surface area contributed by atoms with E-state index < -0.39 is 11.9 Å². The molecule has 2 rings (SSSR count). The molecule has 0 bridgehead atoms. The summed E-state index contributed by atoms with van der Waals surface area (Å²) < 4.78 is 11.1. The Balaban J connectivity index is 1.95. The average Bonchev–Trinajstić information content (AvgIpc) is 2.57. The summed E-state index contributed by atoms with van der Waals surface area (Å²) in [5, 5.41) is 12.0. The van der Waals surface area contributed by atoms with E-state index >= 15 is 0 Å². The number of rotatable bonds is 8. The van der Waals surface area contributed by atoms with Crippen LogP contribution in [0.3, 0.4) is 0 Å². The molecule has 1 atom stereocenters. The smallest absolute Gasteiger partial charge is 0.307 e. The van der Waals surface area contributed by atoms with Gasteiger partial charge in [-0.25, -0.2) is 0 Å². The molecular weight excluding hydrogens is 324 g/mol. The molecule has 7 heteroatoms. The number of carbonyl (C=O) groups is 2. The summed E-state index contributed by atoms with van der Waals surface area (Å²) in [4.78, 5) is 25.3. The van der Waals surface area contributed by atoms with Gasteiger partial charge in [0.05, 0.1) is 25.7 Å². The van der Waals surface area contributed by atoms with Crippen LogP contribution in [0.25, 0.3) is 0 Å². The van der Waals surface area contributed by atoms with Crippen molar-refractivity contribution in [3.8, 4) is 11.5 Å². The predicted molar refractivity (Wildman–Crippen MR) is 94.2 cm³/mol. The zero-order valence-corrected chi connectivity index (χ0v) is 14.8. The number of amides is 1. The highest BCUT2D eigenvalue weighted by Gasteiger charge is 2.26. The van der Waals surface area contributed by atoms with Gasteiger partial charge in [-0.2, -0.15) is 0 Å². The van der Waals surface area contributed by atoms with Gasteiger partial charge < -0.3 is 19.9 Å². The first-order chi connectivity index (χ1) is 12.0. The summed E-state index contributed by atoms with van der Waals surface area (Å²) in [6, 6.07) is 5.27. The molecule has 0 spiro atoms. The van der Waals surface area contributed by atoms with Crippen molar-refractivity contribution in [1.82, 2.24) is 4.90 Å². The van der Waals surface area contributed by atoms with E-state index in [1.165, 1.54) is 0 Å². The van der Waals surface area contributed by atoms with Crippen LogP contribution in [-0.2, 0) is 9.59 Å². The van der Waals surface area contributed by atoms with Gasteiger partial charge in [0, 0.05) is 18.3 Å². The summed E-state index contributed by atoms with van der Waals surface area (Å²) in [5.41, 5.74) is 0.628. The first-order valence-corrected chi connectivity index (χ1v) is 8.68. The minimum atomic E-state index is -0.794. The first kappa shape index (κ1) is 19.1. The molecule has 1 fully saturated rings. The fourth-order valence-electron chi connectivity index (χ4n) is 2.93. The highest BCUT2D eigenvalue weighted by Crippen LogP contribution is 2.30. The van der Waals surface area contributed by atoms with Gasteiger partial charge in [0.2, 0.25) is 5.91 Å². The molecule has 1 aromatic rings. The molecule has 0 saturated carbocycles. The quantitative estimate of drug-likeness (QED) is 0.747. The zero-order valence-electron chi connectivity index (χ0n) is 14.8. The molecule has 1 unspecified atom stereocenters. The van der Waals surface area contributed by atoms with E-state index in [0.717, 1.165) is 13.0 Å². The third kappa shape index (κ3) is 5.63. The Morgan fingerprint density at radius 1 is 1.24 bits per heavy atom. The Bertz CT molecular complexity index is 605. The molecule has 0 aromatic heterocycles. The van der Waals surface area contributed by atoms with Gasteiger partial charge in [-0.15, -0.1) is 0 Å². The Morgan fingerprint density at radius 3 is 2.64 bits per heavy atom. The molecule has 0 aliphatic carbocycles. The molecule has 1 aliphatic rings. The van der Waals surface area contributed by atoms with Crippen molar-refractivity contribution in [2.45, 2.75) is 26.7 Å². The van der Waals surface area contributed by atoms with Gasteiger partial charge in [0.1, 0.15) is 0 Å². The molecule has 1 aliphatic heterocycles. The van der Waals surface area contributed by atoms with Crippen LogP contribution in [0, 0.1) is 5.92 Å². The van der Waals surface area contributed by atoms with Crippen LogP contribution in [0.5, 0.6) is 11.5 Å². The maximum Gasteiger partial charge on any atom is 0.307 e. The summed E-state index contributed by atoms with van der Waals surface area (Å²) in [6.07, 6.45) is 1.46. The molecule has 1 aromatic carbocycles. The van der Waals surface area contributed by atoms with E-state index in [1.54, 1.807) is 18.2 Å². The monoisotopic (exact) mass is 350 g/mol. The number of piperidine rings is 1. The Kier molecular flexibility index (Phi) is 7.06. The third-order valence-corrected chi connectivity index (χ3v) is 4.05. The van der Waals surface area contributed by atoms with Crippen LogP contribution < -0.4 is 14.8 Å². The molecule has 1 saturated heterocycles. The maximum atomic E-state index is 12.3. The van der Waals surface area contributed by atoms with Crippen molar-refractivity contribution in [3.63, 3.8) is 0 Å². The van der Waals surface area contributed by atoms with Crippen molar-refractivity contribution < 1.29 is 24.2 Å². The molecule has 138 valence electrons. The second-order valence-corrected chi connectivity index (χ2v) is 5.99. The number of hydrogen-bond donors (Lipinski definition) is 2. The van der Waals surface area contributed by atoms with Crippen molar-refractivity contribution in [2.75, 3.05) is 38.2 Å². The second-order valence-electron chi connectivity index (χ2n) is 5.99. The number of hydrogen-bond acceptors (Lipinski definition) is 5. The molecule has 1 amide bonds. The van der Waals surface area contributed by atoms with Gasteiger partial charge in [-0.05, 0) is 45.4 Å². The van der Waals surface area contributed by atoms with Crippen molar-refractivity contribution in [2.24, 2.45) is 5.92 Å². The molecule has 7 nitrogen and oxygen atoms in total. The number of ether oxygens (including phenoxy) is 2. The Hall–Kier alpha value is -2.28. The lowest BCUT2D eigenvalue weighted by atomic mass is 9.98. The average molecular weight is 350 g/mol. The van der Waals surface area contributed by atoms with Crippen LogP contribution in [0.15, 0.2) is 18.2 Å². The van der Waals surface area contributed by atoms with E-state index in [-0.39, 0.29) is 12.5 Å². The minimum absolute atomic E-state index is 0.169. The number of carboxylic acid groups (broad SMARTS) is 1. The van der Waals surface area contributed by atoms with Gasteiger partial charge >= 0.3 is 5.97 Å². The summed E-state index contributed by atoms with van der Waals surface area (Å²) >= 11 is 0. The van der Waals surface area contributed by atoms with Crippen LogP contribution in [0.2, 0.25) is 0 Å². The van der Waals surface area contributed by atoms with Crippen molar-refractivity contribution >= 4 is 17.6 Å². The van der Waals surface area contributed by atoms with Crippen LogP contribution >= 0.6 is 0 Å². The number of likely N-dealkylation sites (tertiary alicyclic amines) is 1. The van der Waals surface area contributed by atoms with Gasteiger partial charge in [0.25, 0.3) is 0 Å². The van der Waals surface area contributed by atoms with E-state index in [1.807, 2.05) is 18.7 Å². The standard InChI is InChI=1S/C18H26N2O5/c1-3-24-15-8-7-14(10-16(15)25-4-2)19-17(21)12-20-9-5-6-13(11-20)18(22)23/h7-8,10,13H,3-6,9,11-12H2,1-2H3,(H,19,21)(H,22,23). The minimum Gasteiger partial charge on any atom is -0.490 e. The lowest BCUT2D eigenvalue weighted by molar-refractivity contribution is -0.144. The van der Waals surface area contributed by atoms with E-state index in [0.29, 0.717) is 43.4 Å². The number of anilines is 1. The van der Waals surface area contributed by atoms with Crippen LogP contribution in [0.4, 0.5) is 5.69 Å². The van der Waals surface area contributed by atoms with Gasteiger partial charge in [0.15, 0.2) is 11.5 Å². The predicted octanol–water partition coefficient (Wildman–Crippen LogP) is 2.22. The Morgan fingerprint density at radius 2 is 1.96 bits per heavy atom. The second kappa shape index (κ2) is 9.27. The maximum absolute atomic E-state index is 12.3. The van der Waals surface area contributed by atoms with Crippen molar-refractivity contribution in [3.05, 3.63) is 18.2 Å². The molecule has 1 heterocycles. The van der Waals surface area contributed by atoms with E-state index in [2.05, 4.69) is 5.32 Å². The van der Waals surface area contributed by atoms with Crippen LogP contribution in [0.1, 0.15) is 26.7 Å². The summed E-state index contributed by atoms with van der Waals surface area (Å²) in [7, 11) is 0. The topological polar surface area (TPSA) is 88.1 Å². The fourth-order valence-corrected chi connectivity index (χ4v) is 2.93. The SMILES string of the molecule is CCOc1ccc(NC(=O)CN2CCCC(C(=O)O)C2)cc1OCC. The number of nitrogens with one attached hydrogen (secondary N) is 1. The highest BCUT2D eigenvalue weighted by atomic mass is 16.5. The number of nitrogens with zero attached hydrogens (tertiary/aromatic N) is 1. The largest absolute Gasteiger partial charge is 0.490 e. The fraction of sp³-hybridized carbons (Fsp3) is 0.556. The zero-order chi connectivity index (χ0) is 18.2. The van der Waals surface area contributed by atoms with Crippen molar-refractivity contribution in [1.29, 1.82) is 0 Å². The van der Waals surface area contributed by atoms with Gasteiger partial charge in [-0.1, -0.05) is 0 Å². The number of carbonyl (C=O) groups excluding carboxylic acids is 1. The summed E-state index contributed by atoms with van der Waals surface area (Å²) in [6.45, 7) is 6.15. The molecular formula is C18H26N2O5. The number of benzene rings is 1. The first-order valence-electron chi connectivity index (χ1n) is 8.68. The molecule has 2 N–H and O–H groups in total. The van der Waals surface area contributed by atoms with Crippen LogP contribution in [-0.4, -0.2) is 54.7 Å². The summed E-state index contributed by atoms with van der Waals surface area (Å²) in [5.74, 6) is -0.124. The van der Waals surface area contributed by atoms with E-state index in [4.69, 9.17) is 14.6 Å². The van der Waals surface area contributed by atoms with E-state index in [9.17, 15) is 9.59 Å². The number of aliphatic carboxylic acids is 1. The lowest BCUT2D eigenvalue weighted by Gasteiger charge is -2.29. The van der Waals surface area contributed by atoms with Gasteiger partial charge in [-0.3, -0.25) is 14.5 Å². The molecule has 25 heavy (non-hydrogen) atoms. The molecule has 0 radical (unpaired) electrons. The third-order valence-electron chi connectivity index (χ3n) is 4.05. The highest BCUT2D eigenvalue weighted by molar-refractivity contribution is 5.92.